The van der Waals surface area contributed by atoms with Crippen LogP contribution in [-0.2, 0) is 6.54 Å². The summed E-state index contributed by atoms with van der Waals surface area (Å²) < 4.78 is 1.40. The van der Waals surface area contributed by atoms with E-state index in [4.69, 9.17) is 0 Å². The molecule has 134 valence electrons. The monoisotopic (exact) mass is 374 g/mol. The highest BCUT2D eigenvalue weighted by molar-refractivity contribution is 7.17. The number of carbonyl (C=O) groups excluding carboxylic acids is 1. The maximum atomic E-state index is 13.0. The fraction of sp³-hybridized carbons (Fsp3) is 0.136. The van der Waals surface area contributed by atoms with E-state index in [1.165, 1.54) is 22.2 Å². The van der Waals surface area contributed by atoms with Crippen LogP contribution in [0.4, 0.5) is 0 Å². The first-order valence-electron chi connectivity index (χ1n) is 8.67. The highest BCUT2D eigenvalue weighted by Gasteiger charge is 2.15. The highest BCUT2D eigenvalue weighted by atomic mass is 32.1. The van der Waals surface area contributed by atoms with Crippen molar-refractivity contribution in [3.8, 4) is 11.1 Å². The fourth-order valence-corrected chi connectivity index (χ4v) is 3.98. The zero-order valence-electron chi connectivity index (χ0n) is 15.1. The van der Waals surface area contributed by atoms with E-state index in [1.807, 2.05) is 67.8 Å². The highest BCUT2D eigenvalue weighted by Crippen LogP contribution is 2.30. The van der Waals surface area contributed by atoms with Gasteiger partial charge in [-0.1, -0.05) is 42.5 Å². The first-order valence-corrected chi connectivity index (χ1v) is 9.55. The second-order valence-electron chi connectivity index (χ2n) is 6.60. The van der Waals surface area contributed by atoms with Gasteiger partial charge in [0.15, 0.2) is 5.78 Å². The van der Waals surface area contributed by atoms with Gasteiger partial charge in [0, 0.05) is 16.5 Å². The van der Waals surface area contributed by atoms with Crippen LogP contribution in [0, 0.1) is 13.8 Å². The summed E-state index contributed by atoms with van der Waals surface area (Å²) in [6, 6.07) is 15.4. The molecule has 0 saturated heterocycles. The molecule has 4 rings (SSSR count). The number of Topliss-reactive ketones (excluding diaryl/α,β-unsaturated/α-hetero) is 1. The lowest BCUT2D eigenvalue weighted by atomic mass is 10.0. The van der Waals surface area contributed by atoms with Gasteiger partial charge in [-0.25, -0.2) is 4.98 Å². The summed E-state index contributed by atoms with van der Waals surface area (Å²) in [5.41, 5.74) is 4.46. The van der Waals surface area contributed by atoms with Gasteiger partial charge < -0.3 is 0 Å². The molecule has 27 heavy (non-hydrogen) atoms. The van der Waals surface area contributed by atoms with E-state index >= 15 is 0 Å². The molecule has 2 aromatic carbocycles. The molecule has 0 aliphatic carbocycles. The fourth-order valence-electron chi connectivity index (χ4n) is 3.07. The van der Waals surface area contributed by atoms with Gasteiger partial charge in [-0.05, 0) is 36.6 Å². The lowest BCUT2D eigenvalue weighted by Gasteiger charge is -2.07. The lowest BCUT2D eigenvalue weighted by Crippen LogP contribution is -2.24. The smallest absolute Gasteiger partial charge is 0.263 e. The average Bonchev–Trinajstić information content (AvgIpc) is 3.12. The van der Waals surface area contributed by atoms with Gasteiger partial charge in [-0.3, -0.25) is 14.2 Å². The summed E-state index contributed by atoms with van der Waals surface area (Å²) >= 11 is 1.44. The first-order chi connectivity index (χ1) is 13.0. The van der Waals surface area contributed by atoms with Crippen LogP contribution in [0.15, 0.2) is 65.0 Å². The van der Waals surface area contributed by atoms with Crippen molar-refractivity contribution in [2.45, 2.75) is 20.4 Å². The molecule has 0 bridgehead atoms. The molecular formula is C22H18N2O2S. The number of carbonyl (C=O) groups is 1. The van der Waals surface area contributed by atoms with Crippen molar-refractivity contribution in [3.63, 3.8) is 0 Å². The summed E-state index contributed by atoms with van der Waals surface area (Å²) in [7, 11) is 0. The van der Waals surface area contributed by atoms with Crippen molar-refractivity contribution in [2.75, 3.05) is 0 Å². The van der Waals surface area contributed by atoms with Crippen molar-refractivity contribution >= 4 is 27.3 Å². The van der Waals surface area contributed by atoms with E-state index < -0.39 is 0 Å². The largest absolute Gasteiger partial charge is 0.292 e. The molecule has 0 spiro atoms. The predicted octanol–water partition coefficient (Wildman–Crippen LogP) is 4.62. The molecule has 0 atom stereocenters. The van der Waals surface area contributed by atoms with Crippen LogP contribution in [0.3, 0.4) is 0 Å². The number of aryl methyl sites for hydroxylation is 2. The van der Waals surface area contributed by atoms with Crippen LogP contribution in [-0.4, -0.2) is 15.3 Å². The number of nitrogens with zero attached hydrogens (tertiary/aromatic N) is 2. The molecule has 0 N–H and O–H groups in total. The zero-order valence-corrected chi connectivity index (χ0v) is 15.9. The van der Waals surface area contributed by atoms with Crippen molar-refractivity contribution in [2.24, 2.45) is 0 Å². The minimum atomic E-state index is -0.183. The molecule has 4 aromatic rings. The molecule has 0 fully saturated rings. The molecule has 0 unspecified atom stereocenters. The number of fused-ring (bicyclic) bond motifs is 1. The van der Waals surface area contributed by atoms with E-state index in [9.17, 15) is 9.59 Å². The van der Waals surface area contributed by atoms with Crippen LogP contribution < -0.4 is 5.56 Å². The predicted molar refractivity (Wildman–Crippen MR) is 110 cm³/mol. The molecule has 2 aromatic heterocycles. The molecular weight excluding hydrogens is 356 g/mol. The number of ketones is 1. The Morgan fingerprint density at radius 1 is 1.07 bits per heavy atom. The molecule has 0 radical (unpaired) electrons. The summed E-state index contributed by atoms with van der Waals surface area (Å²) in [5.74, 6) is -0.0992. The Balaban J connectivity index is 1.74. The zero-order chi connectivity index (χ0) is 19.0. The van der Waals surface area contributed by atoms with E-state index in [0.717, 1.165) is 22.3 Å². The number of benzene rings is 2. The second-order valence-corrected chi connectivity index (χ2v) is 7.45. The molecule has 4 nitrogen and oxygen atoms in total. The Labute approximate surface area is 160 Å². The third kappa shape index (κ3) is 3.22. The van der Waals surface area contributed by atoms with Crippen LogP contribution >= 0.6 is 11.3 Å². The second kappa shape index (κ2) is 6.93. The number of thiophene rings is 1. The Kier molecular flexibility index (Phi) is 4.46. The maximum Gasteiger partial charge on any atom is 0.263 e. The van der Waals surface area contributed by atoms with E-state index in [0.29, 0.717) is 15.8 Å². The van der Waals surface area contributed by atoms with Crippen molar-refractivity contribution < 1.29 is 4.79 Å². The van der Waals surface area contributed by atoms with Gasteiger partial charge in [-0.2, -0.15) is 0 Å². The Morgan fingerprint density at radius 2 is 1.85 bits per heavy atom. The number of hydrogen-bond donors (Lipinski definition) is 0. The van der Waals surface area contributed by atoms with Gasteiger partial charge in [0.05, 0.1) is 18.3 Å². The Hall–Kier alpha value is -3.05. The number of aromatic nitrogens is 2. The number of hydrogen-bond acceptors (Lipinski definition) is 4. The maximum absolute atomic E-state index is 13.0. The third-order valence-corrected chi connectivity index (χ3v) is 5.67. The van der Waals surface area contributed by atoms with Gasteiger partial charge in [0.2, 0.25) is 0 Å². The molecule has 5 heteroatoms. The van der Waals surface area contributed by atoms with Crippen molar-refractivity contribution in [3.05, 3.63) is 87.3 Å². The minimum Gasteiger partial charge on any atom is -0.292 e. The van der Waals surface area contributed by atoms with Crippen molar-refractivity contribution in [1.82, 2.24) is 9.55 Å². The minimum absolute atomic E-state index is 0.0195. The van der Waals surface area contributed by atoms with Crippen LogP contribution in [0.2, 0.25) is 0 Å². The summed E-state index contributed by atoms with van der Waals surface area (Å²) in [4.78, 5) is 30.8. The average molecular weight is 374 g/mol. The SMILES string of the molecule is Cc1ccc(C(=O)Cn2cnc3scc(-c4ccccc4)c3c2=O)cc1C. The molecule has 0 amide bonds. The standard InChI is InChI=1S/C22H18N2O2S/c1-14-8-9-17(10-15(14)2)19(25)11-24-13-23-21-20(22(24)26)18(12-27-21)16-6-4-3-5-7-16/h3-10,12-13H,11H2,1-2H3. The van der Waals surface area contributed by atoms with Crippen LogP contribution in [0.5, 0.6) is 0 Å². The van der Waals surface area contributed by atoms with E-state index in [1.54, 1.807) is 0 Å². The van der Waals surface area contributed by atoms with E-state index in [-0.39, 0.29) is 17.9 Å². The van der Waals surface area contributed by atoms with Gasteiger partial charge in [0.25, 0.3) is 5.56 Å². The third-order valence-electron chi connectivity index (χ3n) is 4.79. The topological polar surface area (TPSA) is 52.0 Å². The molecule has 2 heterocycles. The summed E-state index contributed by atoms with van der Waals surface area (Å²) in [5, 5.41) is 2.52. The quantitative estimate of drug-likeness (QED) is 0.490. The summed E-state index contributed by atoms with van der Waals surface area (Å²) in [6.45, 7) is 3.96. The molecule has 0 aliphatic heterocycles. The molecule has 0 saturated carbocycles. The van der Waals surface area contributed by atoms with E-state index in [2.05, 4.69) is 4.98 Å². The Bertz CT molecular complexity index is 1210. The first kappa shape index (κ1) is 17.4. The Morgan fingerprint density at radius 3 is 2.59 bits per heavy atom. The van der Waals surface area contributed by atoms with Gasteiger partial charge in [0.1, 0.15) is 4.83 Å². The van der Waals surface area contributed by atoms with Crippen LogP contribution in [0.25, 0.3) is 21.3 Å². The normalized spacial score (nSPS) is 11.0. The van der Waals surface area contributed by atoms with Gasteiger partial charge >= 0.3 is 0 Å². The summed E-state index contributed by atoms with van der Waals surface area (Å²) in [6.07, 6.45) is 1.47. The van der Waals surface area contributed by atoms with Crippen molar-refractivity contribution in [1.29, 1.82) is 0 Å². The van der Waals surface area contributed by atoms with Gasteiger partial charge in [-0.15, -0.1) is 11.3 Å². The number of rotatable bonds is 4. The molecule has 0 aliphatic rings. The lowest BCUT2D eigenvalue weighted by molar-refractivity contribution is 0.0970. The van der Waals surface area contributed by atoms with Crippen LogP contribution in [0.1, 0.15) is 21.5 Å².